The van der Waals surface area contributed by atoms with Crippen molar-refractivity contribution in [1.82, 2.24) is 10.6 Å². The van der Waals surface area contributed by atoms with E-state index < -0.39 is 0 Å². The van der Waals surface area contributed by atoms with Crippen molar-refractivity contribution >= 4 is 12.3 Å². The first-order valence-electron chi connectivity index (χ1n) is 3.75. The predicted molar refractivity (Wildman–Crippen MR) is 39.5 cm³/mol. The molecule has 1 fully saturated rings. The summed E-state index contributed by atoms with van der Waals surface area (Å²) in [5.74, 6) is -0.0918. The molecule has 0 spiro atoms. The maximum absolute atomic E-state index is 11.1. The van der Waals surface area contributed by atoms with E-state index in [0.717, 1.165) is 25.8 Å². The average molecular weight is 155 g/mol. The monoisotopic (exact) mass is 155 g/mol. The lowest BCUT2D eigenvalue weighted by Gasteiger charge is -2.09. The number of nitrogens with one attached hydrogen (secondary N) is 2. The smallest absolute Gasteiger partial charge is 0.309 e. The van der Waals surface area contributed by atoms with E-state index in [9.17, 15) is 9.59 Å². The highest BCUT2D eigenvalue weighted by atomic mass is 16.2. The normalized spacial score (nSPS) is 25.1. The molecule has 11 heavy (non-hydrogen) atoms. The van der Waals surface area contributed by atoms with Crippen molar-refractivity contribution in [3.8, 4) is 0 Å². The molecule has 1 aliphatic heterocycles. The summed E-state index contributed by atoms with van der Waals surface area (Å²) in [4.78, 5) is 21.0. The molecule has 0 aromatic heterocycles. The zero-order valence-electron chi connectivity index (χ0n) is 6.22. The lowest BCUT2D eigenvalue weighted by molar-refractivity contribution is -0.122. The minimum Gasteiger partial charge on any atom is -0.354 e. The van der Waals surface area contributed by atoms with Gasteiger partial charge in [-0.05, 0) is 19.3 Å². The van der Waals surface area contributed by atoms with Crippen LogP contribution < -0.4 is 10.6 Å². The van der Waals surface area contributed by atoms with Gasteiger partial charge in [0.2, 0.25) is 5.91 Å². The van der Waals surface area contributed by atoms with Gasteiger partial charge in [0.05, 0.1) is 0 Å². The summed E-state index contributed by atoms with van der Waals surface area (Å²) in [6.07, 6.45) is 4.22. The van der Waals surface area contributed by atoms with Gasteiger partial charge in [0.25, 0.3) is 0 Å². The molecule has 0 aromatic carbocycles. The SMILES string of the molecule is O=[C]N[C@H]1CCCCNC1=O. The second-order valence-electron chi connectivity index (χ2n) is 2.59. The van der Waals surface area contributed by atoms with E-state index in [1.165, 1.54) is 6.41 Å². The van der Waals surface area contributed by atoms with Crippen LogP contribution in [0, 0.1) is 0 Å². The zero-order valence-corrected chi connectivity index (χ0v) is 6.22. The Balaban J connectivity index is 2.45. The van der Waals surface area contributed by atoms with Gasteiger partial charge in [-0.3, -0.25) is 9.59 Å². The first-order chi connectivity index (χ1) is 5.34. The van der Waals surface area contributed by atoms with E-state index >= 15 is 0 Å². The maximum atomic E-state index is 11.1. The summed E-state index contributed by atoms with van der Waals surface area (Å²) in [5, 5.41) is 5.06. The van der Waals surface area contributed by atoms with Crippen LogP contribution in [0.2, 0.25) is 0 Å². The minimum absolute atomic E-state index is 0.0918. The molecule has 61 valence electrons. The Bertz CT molecular complexity index is 159. The molecule has 0 aromatic rings. The molecule has 1 saturated heterocycles. The van der Waals surface area contributed by atoms with Crippen LogP contribution in [0.15, 0.2) is 0 Å². The van der Waals surface area contributed by atoms with Crippen LogP contribution in [0.1, 0.15) is 19.3 Å². The Morgan fingerprint density at radius 1 is 1.55 bits per heavy atom. The van der Waals surface area contributed by atoms with Crippen LogP contribution in [0.4, 0.5) is 0 Å². The second-order valence-corrected chi connectivity index (χ2v) is 2.59. The quantitative estimate of drug-likeness (QED) is 0.519. The van der Waals surface area contributed by atoms with E-state index in [1.807, 2.05) is 0 Å². The van der Waals surface area contributed by atoms with Gasteiger partial charge in [-0.1, -0.05) is 0 Å². The lowest BCUT2D eigenvalue weighted by Crippen LogP contribution is -2.42. The number of hydrogen-bond donors (Lipinski definition) is 2. The molecule has 0 saturated carbocycles. The summed E-state index contributed by atoms with van der Waals surface area (Å²) in [6.45, 7) is 0.718. The Morgan fingerprint density at radius 3 is 3.09 bits per heavy atom. The molecule has 1 atom stereocenters. The van der Waals surface area contributed by atoms with Crippen molar-refractivity contribution in [3.63, 3.8) is 0 Å². The van der Waals surface area contributed by atoms with Gasteiger partial charge in [-0.25, -0.2) is 0 Å². The number of hydrogen-bond acceptors (Lipinski definition) is 2. The van der Waals surface area contributed by atoms with Gasteiger partial charge in [-0.15, -0.1) is 0 Å². The van der Waals surface area contributed by atoms with Crippen molar-refractivity contribution in [3.05, 3.63) is 0 Å². The van der Waals surface area contributed by atoms with Gasteiger partial charge in [-0.2, -0.15) is 0 Å². The third-order valence-electron chi connectivity index (χ3n) is 1.77. The molecule has 0 unspecified atom stereocenters. The van der Waals surface area contributed by atoms with E-state index in [2.05, 4.69) is 10.6 Å². The Kier molecular flexibility index (Phi) is 2.89. The molecule has 2 amide bonds. The fraction of sp³-hybridized carbons (Fsp3) is 0.714. The summed E-state index contributed by atoms with van der Waals surface area (Å²) in [6, 6.07) is -0.366. The molecule has 0 aliphatic carbocycles. The Hall–Kier alpha value is -1.06. The van der Waals surface area contributed by atoms with E-state index in [-0.39, 0.29) is 11.9 Å². The van der Waals surface area contributed by atoms with Crippen molar-refractivity contribution in [2.45, 2.75) is 25.3 Å². The fourth-order valence-corrected chi connectivity index (χ4v) is 1.15. The largest absolute Gasteiger partial charge is 0.354 e. The number of carbonyl (C=O) groups excluding carboxylic acids is 2. The summed E-state index contributed by atoms with van der Waals surface area (Å²) in [5.41, 5.74) is 0. The summed E-state index contributed by atoms with van der Waals surface area (Å²) >= 11 is 0. The molecule has 2 N–H and O–H groups in total. The molecule has 4 heteroatoms. The average Bonchev–Trinajstić information content (AvgIpc) is 2.18. The molecule has 1 aliphatic rings. The van der Waals surface area contributed by atoms with Crippen molar-refractivity contribution in [1.29, 1.82) is 0 Å². The van der Waals surface area contributed by atoms with Crippen molar-refractivity contribution < 1.29 is 9.59 Å². The second kappa shape index (κ2) is 3.95. The number of amides is 2. The maximum Gasteiger partial charge on any atom is 0.309 e. The van der Waals surface area contributed by atoms with Gasteiger partial charge < -0.3 is 10.6 Å². The third-order valence-corrected chi connectivity index (χ3v) is 1.77. The molecule has 0 bridgehead atoms. The van der Waals surface area contributed by atoms with Gasteiger partial charge in [0.1, 0.15) is 6.04 Å². The standard InChI is InChI=1S/C7H11N2O2/c10-5-9-6-3-1-2-4-8-7(6)11/h6H,1-4H2,(H,8,11)(H,9,10)/t6-/m0/s1. The van der Waals surface area contributed by atoms with Crippen LogP contribution in [0.3, 0.4) is 0 Å². The summed E-state index contributed by atoms with van der Waals surface area (Å²) in [7, 11) is 0. The zero-order chi connectivity index (χ0) is 8.10. The highest BCUT2D eigenvalue weighted by Gasteiger charge is 2.19. The van der Waals surface area contributed by atoms with Crippen LogP contribution >= 0.6 is 0 Å². The van der Waals surface area contributed by atoms with Gasteiger partial charge in [0, 0.05) is 6.54 Å². The van der Waals surface area contributed by atoms with Crippen LogP contribution in [0.25, 0.3) is 0 Å². The minimum atomic E-state index is -0.366. The number of rotatable bonds is 2. The molecule has 4 nitrogen and oxygen atoms in total. The first kappa shape index (κ1) is 8.04. The van der Waals surface area contributed by atoms with Crippen LogP contribution in [0.5, 0.6) is 0 Å². The van der Waals surface area contributed by atoms with E-state index in [0.29, 0.717) is 0 Å². The third kappa shape index (κ3) is 2.22. The molecule has 1 rings (SSSR count). The van der Waals surface area contributed by atoms with Crippen LogP contribution in [-0.4, -0.2) is 24.9 Å². The Morgan fingerprint density at radius 2 is 2.36 bits per heavy atom. The number of carbonyl (C=O) groups is 1. The van der Waals surface area contributed by atoms with Crippen LogP contribution in [-0.2, 0) is 9.59 Å². The van der Waals surface area contributed by atoms with Gasteiger partial charge in [0.15, 0.2) is 0 Å². The molecule has 1 radical (unpaired) electrons. The first-order valence-corrected chi connectivity index (χ1v) is 3.75. The van der Waals surface area contributed by atoms with Gasteiger partial charge >= 0.3 is 6.41 Å². The van der Waals surface area contributed by atoms with Crippen molar-refractivity contribution in [2.24, 2.45) is 0 Å². The summed E-state index contributed by atoms with van der Waals surface area (Å²) < 4.78 is 0. The molecular weight excluding hydrogens is 144 g/mol. The fourth-order valence-electron chi connectivity index (χ4n) is 1.15. The Labute approximate surface area is 65.3 Å². The molecule has 1 heterocycles. The molecular formula is C7H11N2O2. The highest BCUT2D eigenvalue weighted by molar-refractivity contribution is 5.83. The van der Waals surface area contributed by atoms with E-state index in [1.54, 1.807) is 0 Å². The predicted octanol–water partition coefficient (Wildman–Crippen LogP) is -0.688. The highest BCUT2D eigenvalue weighted by Crippen LogP contribution is 2.03. The topological polar surface area (TPSA) is 58.2 Å². The van der Waals surface area contributed by atoms with Crippen molar-refractivity contribution in [2.75, 3.05) is 6.54 Å². The van der Waals surface area contributed by atoms with E-state index in [4.69, 9.17) is 0 Å². The lowest BCUT2D eigenvalue weighted by atomic mass is 10.1.